The lowest BCUT2D eigenvalue weighted by Gasteiger charge is -2.45. The van der Waals surface area contributed by atoms with Gasteiger partial charge >= 0.3 is 6.03 Å². The van der Waals surface area contributed by atoms with Crippen LogP contribution in [0.25, 0.3) is 0 Å². The number of ether oxygens (including phenoxy) is 1. The smallest absolute Gasteiger partial charge is 0.321 e. The highest BCUT2D eigenvalue weighted by Gasteiger charge is 2.47. The molecule has 3 heterocycles. The molecule has 0 aliphatic carbocycles. The van der Waals surface area contributed by atoms with Crippen LogP contribution in [0.1, 0.15) is 18.7 Å². The van der Waals surface area contributed by atoms with Gasteiger partial charge < -0.3 is 25.3 Å². The van der Waals surface area contributed by atoms with Gasteiger partial charge in [-0.15, -0.1) is 0 Å². The predicted octanol–water partition coefficient (Wildman–Crippen LogP) is 1.29. The lowest BCUT2D eigenvalue weighted by Crippen LogP contribution is -2.54. The maximum Gasteiger partial charge on any atom is 0.321 e. The van der Waals surface area contributed by atoms with Gasteiger partial charge in [0.05, 0.1) is 6.54 Å². The van der Waals surface area contributed by atoms with E-state index in [9.17, 15) is 9.59 Å². The van der Waals surface area contributed by atoms with E-state index in [0.29, 0.717) is 32.5 Å². The van der Waals surface area contributed by atoms with E-state index in [2.05, 4.69) is 10.3 Å². The quantitative estimate of drug-likeness (QED) is 0.847. The minimum absolute atomic E-state index is 0.142. The number of imidazole rings is 1. The number of carbonyl (C=O) groups is 2. The van der Waals surface area contributed by atoms with E-state index in [4.69, 9.17) is 10.5 Å². The lowest BCUT2D eigenvalue weighted by molar-refractivity contribution is -0.169. The normalized spacial score (nSPS) is 21.2. The van der Waals surface area contributed by atoms with Crippen molar-refractivity contribution in [3.8, 4) is 0 Å². The van der Waals surface area contributed by atoms with E-state index in [-0.39, 0.29) is 6.03 Å². The van der Waals surface area contributed by atoms with Gasteiger partial charge in [0.15, 0.2) is 6.10 Å². The highest BCUT2D eigenvalue weighted by atomic mass is 16.5. The fourth-order valence-corrected chi connectivity index (χ4v) is 3.68. The fraction of sp³-hybridized carbons (Fsp3) is 0.389. The maximum atomic E-state index is 12.5. The number of piperidine rings is 1. The Morgan fingerprint density at radius 3 is 2.65 bits per heavy atom. The number of amides is 3. The van der Waals surface area contributed by atoms with Gasteiger partial charge in [0.2, 0.25) is 5.91 Å². The molecule has 3 N–H and O–H groups in total. The highest BCUT2D eigenvalue weighted by molar-refractivity contribution is 5.89. The van der Waals surface area contributed by atoms with E-state index >= 15 is 0 Å². The monoisotopic (exact) mass is 355 g/mol. The van der Waals surface area contributed by atoms with E-state index < -0.39 is 17.6 Å². The van der Waals surface area contributed by atoms with Gasteiger partial charge in [-0.05, 0) is 12.1 Å². The second kappa shape index (κ2) is 6.45. The Labute approximate surface area is 150 Å². The third kappa shape index (κ3) is 2.92. The highest BCUT2D eigenvalue weighted by Crippen LogP contribution is 2.40. The number of carbonyl (C=O) groups excluding carboxylic acids is 2. The van der Waals surface area contributed by atoms with Crippen molar-refractivity contribution < 1.29 is 14.3 Å². The first-order valence-corrected chi connectivity index (χ1v) is 8.67. The number of fused-ring (bicyclic) bond motifs is 2. The summed E-state index contributed by atoms with van der Waals surface area (Å²) in [5.41, 5.74) is 5.56. The molecule has 3 amide bonds. The zero-order chi connectivity index (χ0) is 18.1. The van der Waals surface area contributed by atoms with Crippen LogP contribution in [0.2, 0.25) is 0 Å². The summed E-state index contributed by atoms with van der Waals surface area (Å²) in [5, 5.41) is 2.90. The van der Waals surface area contributed by atoms with E-state index in [1.54, 1.807) is 11.1 Å². The summed E-state index contributed by atoms with van der Waals surface area (Å²) >= 11 is 0. The van der Waals surface area contributed by atoms with Gasteiger partial charge in [0, 0.05) is 44.0 Å². The number of urea groups is 1. The molecule has 8 heteroatoms. The second-order valence-corrected chi connectivity index (χ2v) is 6.69. The largest absolute Gasteiger partial charge is 0.367 e. The van der Waals surface area contributed by atoms with Crippen LogP contribution in [0, 0.1) is 0 Å². The third-order valence-corrected chi connectivity index (χ3v) is 5.05. The molecule has 2 aromatic rings. The van der Waals surface area contributed by atoms with Crippen molar-refractivity contribution in [3.63, 3.8) is 0 Å². The number of anilines is 1. The molecule has 1 aromatic heterocycles. The number of likely N-dealkylation sites (tertiary alicyclic amines) is 1. The van der Waals surface area contributed by atoms with Crippen LogP contribution in [-0.2, 0) is 21.7 Å². The van der Waals surface area contributed by atoms with Gasteiger partial charge in [-0.25, -0.2) is 9.78 Å². The van der Waals surface area contributed by atoms with Gasteiger partial charge in [0.1, 0.15) is 11.4 Å². The Morgan fingerprint density at radius 1 is 1.23 bits per heavy atom. The molecule has 26 heavy (non-hydrogen) atoms. The van der Waals surface area contributed by atoms with Gasteiger partial charge in [-0.3, -0.25) is 4.79 Å². The first kappa shape index (κ1) is 16.6. The molecule has 0 saturated carbocycles. The Morgan fingerprint density at radius 2 is 1.96 bits per heavy atom. The Bertz CT molecular complexity index is 811. The topological polar surface area (TPSA) is 102 Å². The number of benzene rings is 1. The van der Waals surface area contributed by atoms with Crippen molar-refractivity contribution >= 4 is 17.6 Å². The summed E-state index contributed by atoms with van der Waals surface area (Å²) in [5.74, 6) is 0.325. The SMILES string of the molecule is NC(=O)[C@@H]1Cn2ccnc2C2(CCN(C(=O)Nc3ccccc3)CC2)O1. The van der Waals surface area contributed by atoms with Crippen molar-refractivity contribution in [2.24, 2.45) is 5.73 Å². The molecule has 4 rings (SSSR count). The molecule has 1 atom stereocenters. The van der Waals surface area contributed by atoms with Crippen LogP contribution < -0.4 is 11.1 Å². The second-order valence-electron chi connectivity index (χ2n) is 6.69. The number of primary amides is 1. The van der Waals surface area contributed by atoms with Crippen LogP contribution in [-0.4, -0.2) is 45.6 Å². The molecular formula is C18H21N5O3. The lowest BCUT2D eigenvalue weighted by atomic mass is 9.88. The van der Waals surface area contributed by atoms with Crippen molar-refractivity contribution in [1.29, 1.82) is 0 Å². The number of nitrogens with two attached hydrogens (primary N) is 1. The number of nitrogens with zero attached hydrogens (tertiary/aromatic N) is 3. The zero-order valence-electron chi connectivity index (χ0n) is 14.3. The third-order valence-electron chi connectivity index (χ3n) is 5.05. The van der Waals surface area contributed by atoms with Crippen molar-refractivity contribution in [3.05, 3.63) is 48.5 Å². The molecule has 2 aliphatic rings. The van der Waals surface area contributed by atoms with Crippen LogP contribution >= 0.6 is 0 Å². The summed E-state index contributed by atoms with van der Waals surface area (Å²) in [6.07, 6.45) is 4.00. The average Bonchev–Trinajstić information content (AvgIpc) is 3.13. The Hall–Kier alpha value is -2.87. The van der Waals surface area contributed by atoms with Gasteiger partial charge in [0.25, 0.3) is 0 Å². The molecule has 1 aromatic carbocycles. The molecule has 0 bridgehead atoms. The van der Waals surface area contributed by atoms with Gasteiger partial charge in [-0.1, -0.05) is 18.2 Å². The standard InChI is InChI=1S/C18H21N5O3/c19-15(24)14-12-23-11-8-20-16(23)18(26-14)6-9-22(10-7-18)17(25)21-13-4-2-1-3-5-13/h1-5,8,11,14H,6-7,9-10,12H2,(H2,19,24)(H,21,25)/t14-/m0/s1. The first-order chi connectivity index (χ1) is 12.6. The number of aromatic nitrogens is 2. The molecule has 1 spiro atoms. The summed E-state index contributed by atoms with van der Waals surface area (Å²) in [6.45, 7) is 1.40. The number of para-hydroxylation sites is 1. The van der Waals surface area contributed by atoms with Crippen molar-refractivity contribution in [2.75, 3.05) is 18.4 Å². The Balaban J connectivity index is 1.47. The predicted molar refractivity (Wildman–Crippen MR) is 94.2 cm³/mol. The molecule has 0 unspecified atom stereocenters. The first-order valence-electron chi connectivity index (χ1n) is 8.67. The molecule has 8 nitrogen and oxygen atoms in total. The number of nitrogens with one attached hydrogen (secondary N) is 1. The summed E-state index contributed by atoms with van der Waals surface area (Å²) in [7, 11) is 0. The van der Waals surface area contributed by atoms with E-state index in [1.807, 2.05) is 41.1 Å². The summed E-state index contributed by atoms with van der Waals surface area (Å²) < 4.78 is 8.02. The van der Waals surface area contributed by atoms with Gasteiger partial charge in [-0.2, -0.15) is 0 Å². The molecule has 0 radical (unpaired) electrons. The zero-order valence-corrected chi connectivity index (χ0v) is 14.3. The maximum absolute atomic E-state index is 12.5. The van der Waals surface area contributed by atoms with E-state index in [1.165, 1.54) is 0 Å². The fourth-order valence-electron chi connectivity index (χ4n) is 3.68. The molecular weight excluding hydrogens is 334 g/mol. The average molecular weight is 355 g/mol. The number of rotatable bonds is 2. The minimum atomic E-state index is -0.679. The van der Waals surface area contributed by atoms with E-state index in [0.717, 1.165) is 11.5 Å². The van der Waals surface area contributed by atoms with Crippen molar-refractivity contribution in [1.82, 2.24) is 14.5 Å². The summed E-state index contributed by atoms with van der Waals surface area (Å²) in [4.78, 5) is 30.3. The Kier molecular flexibility index (Phi) is 4.12. The number of hydrogen-bond acceptors (Lipinski definition) is 4. The molecule has 1 saturated heterocycles. The van der Waals surface area contributed by atoms with Crippen LogP contribution in [0.3, 0.4) is 0 Å². The number of hydrogen-bond donors (Lipinski definition) is 2. The minimum Gasteiger partial charge on any atom is -0.367 e. The molecule has 1 fully saturated rings. The van der Waals surface area contributed by atoms with Crippen LogP contribution in [0.15, 0.2) is 42.7 Å². The molecule has 2 aliphatic heterocycles. The summed E-state index contributed by atoms with van der Waals surface area (Å²) in [6, 6.07) is 9.21. The van der Waals surface area contributed by atoms with Crippen LogP contribution in [0.4, 0.5) is 10.5 Å². The van der Waals surface area contributed by atoms with Crippen molar-refractivity contribution in [2.45, 2.75) is 31.1 Å². The van der Waals surface area contributed by atoms with Crippen LogP contribution in [0.5, 0.6) is 0 Å². The molecule has 136 valence electrons.